The Morgan fingerprint density at radius 2 is 1.94 bits per heavy atom. The van der Waals surface area contributed by atoms with Gasteiger partial charge in [0.2, 0.25) is 17.6 Å². The van der Waals surface area contributed by atoms with Gasteiger partial charge in [-0.2, -0.15) is 0 Å². The third kappa shape index (κ3) is 3.76. The summed E-state index contributed by atoms with van der Waals surface area (Å²) in [4.78, 5) is 45.7. The van der Waals surface area contributed by atoms with Gasteiger partial charge in [-0.25, -0.2) is 9.37 Å². The first-order chi connectivity index (χ1) is 16.4. The minimum atomic E-state index is -0.729. The molecule has 0 spiro atoms. The van der Waals surface area contributed by atoms with Crippen molar-refractivity contribution in [1.82, 2.24) is 9.55 Å². The maximum Gasteiger partial charge on any atom is 0.298 e. The Morgan fingerprint density at radius 1 is 1.15 bits per heavy atom. The molecule has 2 aliphatic heterocycles. The number of halogens is 1. The van der Waals surface area contributed by atoms with Gasteiger partial charge in [0.25, 0.3) is 11.5 Å². The summed E-state index contributed by atoms with van der Waals surface area (Å²) in [7, 11) is 0. The van der Waals surface area contributed by atoms with E-state index in [1.807, 2.05) is 0 Å². The van der Waals surface area contributed by atoms with Crippen molar-refractivity contribution >= 4 is 29.1 Å². The molecule has 0 aliphatic carbocycles. The highest BCUT2D eigenvalue weighted by Gasteiger charge is 2.30. The van der Waals surface area contributed by atoms with Crippen LogP contribution in [0.25, 0.3) is 0 Å². The van der Waals surface area contributed by atoms with Crippen molar-refractivity contribution in [3.8, 4) is 5.75 Å². The number of aromatic hydroxyl groups is 1. The van der Waals surface area contributed by atoms with E-state index in [1.54, 1.807) is 30.3 Å². The van der Waals surface area contributed by atoms with Gasteiger partial charge in [0.05, 0.1) is 12.2 Å². The van der Waals surface area contributed by atoms with Crippen molar-refractivity contribution in [3.05, 3.63) is 76.0 Å². The zero-order valence-corrected chi connectivity index (χ0v) is 18.2. The zero-order valence-electron chi connectivity index (χ0n) is 18.2. The van der Waals surface area contributed by atoms with Crippen molar-refractivity contribution in [2.24, 2.45) is 0 Å². The monoisotopic (exact) mass is 463 g/mol. The summed E-state index contributed by atoms with van der Waals surface area (Å²) >= 11 is 0. The Balaban J connectivity index is 1.59. The quantitative estimate of drug-likeness (QED) is 0.602. The number of carbonyl (C=O) groups is 2. The number of para-hydroxylation sites is 1. The molecule has 0 atom stereocenters. The lowest BCUT2D eigenvalue weighted by molar-refractivity contribution is -0.117. The molecule has 2 N–H and O–H groups in total. The lowest BCUT2D eigenvalue weighted by atomic mass is 10.1. The van der Waals surface area contributed by atoms with Crippen LogP contribution in [0, 0.1) is 5.82 Å². The van der Waals surface area contributed by atoms with Gasteiger partial charge in [0, 0.05) is 31.7 Å². The smallest absolute Gasteiger partial charge is 0.298 e. The van der Waals surface area contributed by atoms with Gasteiger partial charge >= 0.3 is 0 Å². The molecule has 174 valence electrons. The Morgan fingerprint density at radius 3 is 2.68 bits per heavy atom. The largest absolute Gasteiger partial charge is 0.501 e. The summed E-state index contributed by atoms with van der Waals surface area (Å²) in [6.45, 7) is 1.23. The third-order valence-electron chi connectivity index (χ3n) is 6.02. The number of aromatic nitrogens is 2. The van der Waals surface area contributed by atoms with Crippen molar-refractivity contribution < 1.29 is 19.1 Å². The van der Waals surface area contributed by atoms with Crippen LogP contribution in [0.15, 0.2) is 53.3 Å². The van der Waals surface area contributed by atoms with E-state index < -0.39 is 23.0 Å². The number of anilines is 3. The highest BCUT2D eigenvalue weighted by Crippen LogP contribution is 2.30. The van der Waals surface area contributed by atoms with Gasteiger partial charge < -0.3 is 20.2 Å². The molecule has 1 saturated heterocycles. The lowest BCUT2D eigenvalue weighted by Crippen LogP contribution is -2.34. The second kappa shape index (κ2) is 8.62. The first-order valence-corrected chi connectivity index (χ1v) is 11.0. The molecule has 3 heterocycles. The molecular formula is C24H22FN5O4. The Labute approximate surface area is 194 Å². The standard InChI is InChI=1S/C24H22FN5O4/c25-16-9-8-15(18(13-16)28-11-4-7-19(28)31)14-30(17-5-2-1-3-6-17)22(33)20-21(32)23(34)29-12-10-26-24(29)27-20/h1-3,5-6,8-9,13,32H,4,7,10-12,14H2,(H,26,27). The van der Waals surface area contributed by atoms with E-state index in [4.69, 9.17) is 0 Å². The average Bonchev–Trinajstić information content (AvgIpc) is 3.49. The highest BCUT2D eigenvalue weighted by molar-refractivity contribution is 6.06. The zero-order chi connectivity index (χ0) is 23.8. The molecule has 1 aromatic heterocycles. The second-order valence-corrected chi connectivity index (χ2v) is 8.17. The van der Waals surface area contributed by atoms with E-state index in [-0.39, 0.29) is 24.1 Å². The van der Waals surface area contributed by atoms with E-state index in [1.165, 1.54) is 32.6 Å². The molecule has 2 aromatic carbocycles. The number of amides is 2. The molecule has 0 unspecified atom stereocenters. The van der Waals surface area contributed by atoms with Crippen molar-refractivity contribution in [3.63, 3.8) is 0 Å². The molecule has 5 rings (SSSR count). The number of nitrogens with zero attached hydrogens (tertiary/aromatic N) is 4. The van der Waals surface area contributed by atoms with Crippen molar-refractivity contribution in [1.29, 1.82) is 0 Å². The van der Waals surface area contributed by atoms with Crippen LogP contribution < -0.4 is 20.7 Å². The van der Waals surface area contributed by atoms with Crippen LogP contribution in [0.2, 0.25) is 0 Å². The van der Waals surface area contributed by atoms with E-state index in [0.717, 1.165) is 0 Å². The van der Waals surface area contributed by atoms with E-state index in [0.29, 0.717) is 49.4 Å². The third-order valence-corrected chi connectivity index (χ3v) is 6.02. The SMILES string of the molecule is O=C(c1nc2n(c(=O)c1O)CCN2)N(Cc1ccc(F)cc1N1CCCC1=O)c1ccccc1. The number of benzene rings is 2. The summed E-state index contributed by atoms with van der Waals surface area (Å²) < 4.78 is 15.4. The van der Waals surface area contributed by atoms with Crippen LogP contribution in [0.4, 0.5) is 21.7 Å². The summed E-state index contributed by atoms with van der Waals surface area (Å²) in [6.07, 6.45) is 1.04. The van der Waals surface area contributed by atoms with Crippen LogP contribution in [0.3, 0.4) is 0 Å². The number of rotatable bonds is 5. The molecule has 0 bridgehead atoms. The summed E-state index contributed by atoms with van der Waals surface area (Å²) in [5.41, 5.74) is 0.352. The fourth-order valence-electron chi connectivity index (χ4n) is 4.33. The fourth-order valence-corrected chi connectivity index (χ4v) is 4.33. The topological polar surface area (TPSA) is 108 Å². The Bertz CT molecular complexity index is 1340. The van der Waals surface area contributed by atoms with Gasteiger partial charge in [-0.1, -0.05) is 24.3 Å². The maximum absolute atomic E-state index is 14.1. The highest BCUT2D eigenvalue weighted by atomic mass is 19.1. The minimum absolute atomic E-state index is 0.0325. The Kier molecular flexibility index (Phi) is 5.48. The summed E-state index contributed by atoms with van der Waals surface area (Å²) in [5, 5.41) is 13.5. The molecule has 2 aliphatic rings. The van der Waals surface area contributed by atoms with Gasteiger partial charge in [-0.15, -0.1) is 0 Å². The first kappa shape index (κ1) is 21.6. The van der Waals surface area contributed by atoms with Crippen LogP contribution in [-0.2, 0) is 17.9 Å². The molecule has 9 nitrogen and oxygen atoms in total. The number of nitrogens with one attached hydrogen (secondary N) is 1. The normalized spacial score (nSPS) is 14.7. The van der Waals surface area contributed by atoms with E-state index >= 15 is 0 Å². The van der Waals surface area contributed by atoms with Crippen molar-refractivity contribution in [2.75, 3.05) is 28.2 Å². The average molecular weight is 463 g/mol. The number of hydrogen-bond acceptors (Lipinski definition) is 6. The van der Waals surface area contributed by atoms with Gasteiger partial charge in [0.15, 0.2) is 5.69 Å². The lowest BCUT2D eigenvalue weighted by Gasteiger charge is -2.26. The van der Waals surface area contributed by atoms with Crippen LogP contribution in [-0.4, -0.2) is 39.6 Å². The van der Waals surface area contributed by atoms with Crippen LogP contribution in [0.5, 0.6) is 5.75 Å². The number of fused-ring (bicyclic) bond motifs is 1. The summed E-state index contributed by atoms with van der Waals surface area (Å²) in [6, 6.07) is 12.8. The molecule has 1 fully saturated rings. The summed E-state index contributed by atoms with van der Waals surface area (Å²) in [5.74, 6) is -1.81. The van der Waals surface area contributed by atoms with Crippen LogP contribution in [0.1, 0.15) is 28.9 Å². The predicted molar refractivity (Wildman–Crippen MR) is 124 cm³/mol. The van der Waals surface area contributed by atoms with Gasteiger partial charge in [-0.3, -0.25) is 19.0 Å². The molecular weight excluding hydrogens is 441 g/mol. The van der Waals surface area contributed by atoms with Gasteiger partial charge in [-0.05, 0) is 36.2 Å². The molecule has 0 saturated carbocycles. The first-order valence-electron chi connectivity index (χ1n) is 11.0. The van der Waals surface area contributed by atoms with Crippen LogP contribution >= 0.6 is 0 Å². The molecule has 34 heavy (non-hydrogen) atoms. The number of hydrogen-bond donors (Lipinski definition) is 2. The molecule has 3 aromatic rings. The number of carbonyl (C=O) groups excluding carboxylic acids is 2. The molecule has 2 amide bonds. The van der Waals surface area contributed by atoms with Crippen molar-refractivity contribution in [2.45, 2.75) is 25.9 Å². The Hall–Kier alpha value is -4.21. The van der Waals surface area contributed by atoms with Gasteiger partial charge in [0.1, 0.15) is 5.82 Å². The fraction of sp³-hybridized carbons (Fsp3) is 0.250. The molecule has 10 heteroatoms. The maximum atomic E-state index is 14.1. The molecule has 0 radical (unpaired) electrons. The predicted octanol–water partition coefficient (Wildman–Crippen LogP) is 2.49. The second-order valence-electron chi connectivity index (χ2n) is 8.17. The minimum Gasteiger partial charge on any atom is -0.501 e. The van der Waals surface area contributed by atoms with E-state index in [2.05, 4.69) is 10.3 Å². The van der Waals surface area contributed by atoms with E-state index in [9.17, 15) is 23.9 Å².